The predicted octanol–water partition coefficient (Wildman–Crippen LogP) is 6.50. The topological polar surface area (TPSA) is 29.5 Å². The fourth-order valence-corrected chi connectivity index (χ4v) is 5.06. The quantitative estimate of drug-likeness (QED) is 0.392. The van der Waals surface area contributed by atoms with Gasteiger partial charge in [0.2, 0.25) is 5.91 Å². The van der Waals surface area contributed by atoms with Crippen molar-refractivity contribution in [1.82, 2.24) is 4.90 Å². The van der Waals surface area contributed by atoms with E-state index in [-0.39, 0.29) is 23.8 Å². The van der Waals surface area contributed by atoms with Gasteiger partial charge in [-0.3, -0.25) is 4.79 Å². The Balaban J connectivity index is 1.22. The maximum atomic E-state index is 14.9. The van der Waals surface area contributed by atoms with Crippen molar-refractivity contribution in [3.05, 3.63) is 96.3 Å². The Hall–Kier alpha value is -3.40. The van der Waals surface area contributed by atoms with Crippen LogP contribution in [-0.2, 0) is 4.79 Å². The molecule has 33 heavy (non-hydrogen) atoms. The van der Waals surface area contributed by atoms with Gasteiger partial charge in [-0.2, -0.15) is 0 Å². The van der Waals surface area contributed by atoms with Crippen LogP contribution in [0.1, 0.15) is 37.7 Å². The summed E-state index contributed by atoms with van der Waals surface area (Å²) in [4.78, 5) is 15.0. The van der Waals surface area contributed by atoms with Gasteiger partial charge >= 0.3 is 0 Å². The molecule has 168 valence electrons. The molecule has 2 aliphatic heterocycles. The number of hydrogen-bond acceptors (Lipinski definition) is 2. The van der Waals surface area contributed by atoms with Crippen molar-refractivity contribution in [3.63, 3.8) is 0 Å². The second-order valence-corrected chi connectivity index (χ2v) is 8.82. The van der Waals surface area contributed by atoms with Gasteiger partial charge in [-0.15, -0.1) is 0 Å². The minimum absolute atomic E-state index is 0.109. The number of para-hydroxylation sites is 1. The van der Waals surface area contributed by atoms with Crippen molar-refractivity contribution in [3.8, 4) is 16.9 Å². The highest BCUT2D eigenvalue weighted by atomic mass is 19.1. The average Bonchev–Trinajstić information content (AvgIpc) is 3.12. The molecular weight excluding hydrogens is 413 g/mol. The van der Waals surface area contributed by atoms with E-state index in [1.807, 2.05) is 72.8 Å². The summed E-state index contributed by atoms with van der Waals surface area (Å²) in [6.07, 6.45) is 6.13. The van der Waals surface area contributed by atoms with Crippen LogP contribution in [0.15, 0.2) is 84.9 Å². The van der Waals surface area contributed by atoms with Crippen LogP contribution in [0.5, 0.6) is 5.75 Å². The molecule has 0 aliphatic carbocycles. The van der Waals surface area contributed by atoms with Crippen LogP contribution in [0.2, 0.25) is 0 Å². The molecular formula is C29H28FNO2. The number of rotatable bonds is 7. The Kier molecular flexibility index (Phi) is 6.25. The Morgan fingerprint density at radius 1 is 0.939 bits per heavy atom. The third-order valence-corrected chi connectivity index (χ3v) is 6.66. The zero-order valence-electron chi connectivity index (χ0n) is 18.6. The minimum Gasteiger partial charge on any atom is -0.494 e. The van der Waals surface area contributed by atoms with Crippen molar-refractivity contribution in [2.75, 3.05) is 6.61 Å². The fraction of sp³-hybridized carbons (Fsp3) is 0.276. The van der Waals surface area contributed by atoms with E-state index in [9.17, 15) is 9.18 Å². The summed E-state index contributed by atoms with van der Waals surface area (Å²) < 4.78 is 20.6. The van der Waals surface area contributed by atoms with E-state index in [4.69, 9.17) is 4.74 Å². The summed E-state index contributed by atoms with van der Waals surface area (Å²) >= 11 is 0. The van der Waals surface area contributed by atoms with Gasteiger partial charge in [-0.25, -0.2) is 4.39 Å². The fourth-order valence-electron chi connectivity index (χ4n) is 5.06. The second kappa shape index (κ2) is 9.62. The molecule has 4 heteroatoms. The number of nitrogens with zero attached hydrogens (tertiary/aromatic N) is 1. The van der Waals surface area contributed by atoms with E-state index < -0.39 is 0 Å². The first kappa shape index (κ1) is 21.4. The van der Waals surface area contributed by atoms with Crippen LogP contribution in [-0.4, -0.2) is 29.5 Å². The lowest BCUT2D eigenvalue weighted by Gasteiger charge is -2.34. The molecule has 3 aromatic carbocycles. The lowest BCUT2D eigenvalue weighted by atomic mass is 9.92. The number of carbonyl (C=O) groups excluding carboxylic acids is 1. The van der Waals surface area contributed by atoms with Crippen molar-refractivity contribution in [2.24, 2.45) is 0 Å². The van der Waals surface area contributed by atoms with Crippen molar-refractivity contribution in [1.29, 1.82) is 0 Å². The van der Waals surface area contributed by atoms with Crippen LogP contribution in [0.25, 0.3) is 16.7 Å². The van der Waals surface area contributed by atoms with E-state index >= 15 is 0 Å². The highest BCUT2D eigenvalue weighted by Crippen LogP contribution is 2.39. The summed E-state index contributed by atoms with van der Waals surface area (Å²) in [5.41, 5.74) is 3.57. The molecule has 1 amide bonds. The molecule has 1 fully saturated rings. The molecule has 2 heterocycles. The number of amides is 1. The first-order valence-electron chi connectivity index (χ1n) is 11.7. The van der Waals surface area contributed by atoms with Gasteiger partial charge in [-0.1, -0.05) is 66.7 Å². The highest BCUT2D eigenvalue weighted by Gasteiger charge is 2.39. The van der Waals surface area contributed by atoms with Gasteiger partial charge in [-0.05, 0) is 60.6 Å². The summed E-state index contributed by atoms with van der Waals surface area (Å²) in [6.45, 7) is 0.535. The van der Waals surface area contributed by atoms with Crippen LogP contribution in [0, 0.1) is 5.82 Å². The lowest BCUT2D eigenvalue weighted by Crippen LogP contribution is -2.42. The maximum absolute atomic E-state index is 14.9. The zero-order chi connectivity index (χ0) is 22.6. The van der Waals surface area contributed by atoms with Gasteiger partial charge in [0.1, 0.15) is 11.6 Å². The van der Waals surface area contributed by atoms with Crippen LogP contribution >= 0.6 is 0 Å². The van der Waals surface area contributed by atoms with Crippen LogP contribution < -0.4 is 4.74 Å². The number of hydrogen-bond donors (Lipinski definition) is 0. The first-order chi connectivity index (χ1) is 16.2. The smallest absolute Gasteiger partial charge is 0.223 e. The molecule has 2 aliphatic rings. The number of carbonyl (C=O) groups is 1. The normalized spacial score (nSPS) is 19.3. The van der Waals surface area contributed by atoms with E-state index in [1.54, 1.807) is 6.07 Å². The van der Waals surface area contributed by atoms with Gasteiger partial charge in [0.15, 0.2) is 0 Å². The number of ether oxygens (including phenoxy) is 1. The van der Waals surface area contributed by atoms with E-state index in [0.29, 0.717) is 25.0 Å². The summed E-state index contributed by atoms with van der Waals surface area (Å²) in [5, 5.41) is 0. The Morgan fingerprint density at radius 2 is 1.70 bits per heavy atom. The molecule has 0 saturated carbocycles. The van der Waals surface area contributed by atoms with Gasteiger partial charge in [0.05, 0.1) is 12.6 Å². The predicted molar refractivity (Wildman–Crippen MR) is 129 cm³/mol. The number of benzene rings is 3. The first-order valence-corrected chi connectivity index (χ1v) is 11.7. The largest absolute Gasteiger partial charge is 0.494 e. The molecule has 3 aromatic rings. The van der Waals surface area contributed by atoms with Gasteiger partial charge < -0.3 is 9.64 Å². The minimum atomic E-state index is -0.205. The van der Waals surface area contributed by atoms with E-state index in [2.05, 4.69) is 11.0 Å². The van der Waals surface area contributed by atoms with Crippen LogP contribution in [0.3, 0.4) is 0 Å². The van der Waals surface area contributed by atoms with Crippen LogP contribution in [0.4, 0.5) is 4.39 Å². The molecule has 2 unspecified atom stereocenters. The van der Waals surface area contributed by atoms with Crippen molar-refractivity contribution in [2.45, 2.75) is 44.2 Å². The van der Waals surface area contributed by atoms with Gasteiger partial charge in [0.25, 0.3) is 0 Å². The summed E-state index contributed by atoms with van der Waals surface area (Å²) in [7, 11) is 0. The standard InChI is InChI=1S/C29H28FNO2/c30-28-20-22(13-16-27(28)21-8-3-1-4-9-21)23-18-24-14-15-25(19-23)31(24)29(32)12-7-17-33-26-10-5-2-6-11-26/h1-6,8-11,13,16,18,20,24-25H,7,12,14-15,17,19H2. The van der Waals surface area contributed by atoms with E-state index in [1.165, 1.54) is 0 Å². The average molecular weight is 442 g/mol. The van der Waals surface area contributed by atoms with Gasteiger partial charge in [0, 0.05) is 18.0 Å². The summed E-state index contributed by atoms with van der Waals surface area (Å²) in [5.74, 6) is 0.824. The Bertz CT molecular complexity index is 1140. The molecule has 3 nitrogen and oxygen atoms in total. The third kappa shape index (κ3) is 4.70. The number of halogens is 1. The second-order valence-electron chi connectivity index (χ2n) is 8.82. The Labute approximate surface area is 194 Å². The molecule has 0 radical (unpaired) electrons. The molecule has 0 aromatic heterocycles. The lowest BCUT2D eigenvalue weighted by molar-refractivity contribution is -0.133. The third-order valence-electron chi connectivity index (χ3n) is 6.66. The molecule has 2 bridgehead atoms. The SMILES string of the molecule is O=C(CCCOc1ccccc1)N1C2C=C(c3ccc(-c4ccccc4)c(F)c3)CC1CC2. The summed E-state index contributed by atoms with van der Waals surface area (Å²) in [6, 6.07) is 25.1. The Morgan fingerprint density at radius 3 is 2.42 bits per heavy atom. The van der Waals surface area contributed by atoms with Crippen molar-refractivity contribution >= 4 is 11.5 Å². The number of fused-ring (bicyclic) bond motifs is 2. The molecule has 5 rings (SSSR count). The molecule has 1 saturated heterocycles. The maximum Gasteiger partial charge on any atom is 0.223 e. The molecule has 0 N–H and O–H groups in total. The molecule has 2 atom stereocenters. The molecule has 0 spiro atoms. The monoisotopic (exact) mass is 441 g/mol. The zero-order valence-corrected chi connectivity index (χ0v) is 18.6. The van der Waals surface area contributed by atoms with Crippen molar-refractivity contribution < 1.29 is 13.9 Å². The highest BCUT2D eigenvalue weighted by molar-refractivity contribution is 5.80. The van der Waals surface area contributed by atoms with E-state index in [0.717, 1.165) is 41.7 Å².